The van der Waals surface area contributed by atoms with E-state index < -0.39 is 0 Å². The van der Waals surface area contributed by atoms with Crippen LogP contribution in [0.2, 0.25) is 10.0 Å². The van der Waals surface area contributed by atoms with E-state index in [1.165, 1.54) is 0 Å². The molecule has 1 amide bonds. The van der Waals surface area contributed by atoms with E-state index >= 15 is 0 Å². The summed E-state index contributed by atoms with van der Waals surface area (Å²) in [5.74, 6) is 0.512. The highest BCUT2D eigenvalue weighted by atomic mass is 79.9. The maximum atomic E-state index is 12.7. The normalized spacial score (nSPS) is 10.8. The van der Waals surface area contributed by atoms with Crippen molar-refractivity contribution in [3.05, 3.63) is 80.0 Å². The molecule has 146 valence electrons. The van der Waals surface area contributed by atoms with Crippen LogP contribution in [-0.2, 0) is 20.2 Å². The average molecular weight is 483 g/mol. The van der Waals surface area contributed by atoms with Crippen molar-refractivity contribution in [3.63, 3.8) is 0 Å². The highest BCUT2D eigenvalue weighted by Gasteiger charge is 2.16. The molecule has 0 saturated carbocycles. The van der Waals surface area contributed by atoms with Crippen molar-refractivity contribution in [2.24, 2.45) is 7.05 Å². The number of benzene rings is 2. The van der Waals surface area contributed by atoms with E-state index in [9.17, 15) is 4.79 Å². The Morgan fingerprint density at radius 2 is 1.89 bits per heavy atom. The van der Waals surface area contributed by atoms with E-state index in [4.69, 9.17) is 27.9 Å². The highest BCUT2D eigenvalue weighted by Crippen LogP contribution is 2.28. The predicted octanol–water partition coefficient (Wildman–Crippen LogP) is 5.34. The Kier molecular flexibility index (Phi) is 6.65. The van der Waals surface area contributed by atoms with Crippen LogP contribution in [0.25, 0.3) is 0 Å². The van der Waals surface area contributed by atoms with Crippen molar-refractivity contribution in [3.8, 4) is 5.75 Å². The number of halogens is 3. The van der Waals surface area contributed by atoms with Crippen LogP contribution >= 0.6 is 39.1 Å². The van der Waals surface area contributed by atoms with Crippen molar-refractivity contribution < 1.29 is 9.53 Å². The molecule has 0 radical (unpaired) electrons. The van der Waals surface area contributed by atoms with Gasteiger partial charge in [-0.25, -0.2) is 0 Å². The Morgan fingerprint density at radius 1 is 1.18 bits per heavy atom. The van der Waals surface area contributed by atoms with Crippen LogP contribution in [0.3, 0.4) is 0 Å². The second-order valence-corrected chi connectivity index (χ2v) is 8.01. The summed E-state index contributed by atoms with van der Waals surface area (Å²) in [5.41, 5.74) is 2.31. The molecule has 5 nitrogen and oxygen atoms in total. The number of aromatic nitrogens is 2. The average Bonchev–Trinajstić information content (AvgIpc) is 2.99. The lowest BCUT2D eigenvalue weighted by Gasteiger charge is -2.18. The monoisotopic (exact) mass is 481 g/mol. The molecule has 0 aliphatic heterocycles. The van der Waals surface area contributed by atoms with Gasteiger partial charge >= 0.3 is 0 Å². The van der Waals surface area contributed by atoms with Crippen LogP contribution in [0.4, 0.5) is 0 Å². The Balaban J connectivity index is 1.62. The van der Waals surface area contributed by atoms with Crippen molar-refractivity contribution in [1.82, 2.24) is 14.7 Å². The van der Waals surface area contributed by atoms with E-state index in [2.05, 4.69) is 21.0 Å². The molecule has 0 aliphatic carbocycles. The van der Waals surface area contributed by atoms with Crippen LogP contribution < -0.4 is 4.74 Å². The smallest absolute Gasteiger partial charge is 0.253 e. The zero-order valence-electron chi connectivity index (χ0n) is 15.3. The second kappa shape index (κ2) is 8.99. The van der Waals surface area contributed by atoms with Crippen molar-refractivity contribution in [2.45, 2.75) is 13.2 Å². The largest absolute Gasteiger partial charge is 0.487 e. The molecule has 28 heavy (non-hydrogen) atoms. The summed E-state index contributed by atoms with van der Waals surface area (Å²) >= 11 is 15.6. The van der Waals surface area contributed by atoms with Crippen LogP contribution in [0, 0.1) is 0 Å². The van der Waals surface area contributed by atoms with Crippen molar-refractivity contribution in [1.29, 1.82) is 0 Å². The fourth-order valence-electron chi connectivity index (χ4n) is 2.63. The summed E-state index contributed by atoms with van der Waals surface area (Å²) in [6.07, 6.45) is 1.57. The molecular weight excluding hydrogens is 465 g/mol. The molecule has 1 heterocycles. The predicted molar refractivity (Wildman–Crippen MR) is 114 cm³/mol. The first-order valence-corrected chi connectivity index (χ1v) is 9.98. The van der Waals surface area contributed by atoms with Crippen LogP contribution in [0.5, 0.6) is 5.75 Å². The SMILES string of the molecule is CN(Cc1c(Cl)cnn1C)C(=O)c1ccc(COc2ccc(Br)cc2Cl)cc1. The molecule has 0 bridgehead atoms. The van der Waals surface area contributed by atoms with Crippen LogP contribution in [-0.4, -0.2) is 27.6 Å². The number of hydrogen-bond donors (Lipinski definition) is 0. The molecule has 0 spiro atoms. The Bertz CT molecular complexity index is 970. The van der Waals surface area contributed by atoms with Gasteiger partial charge in [-0.15, -0.1) is 0 Å². The molecule has 8 heteroatoms. The zero-order chi connectivity index (χ0) is 20.3. The molecule has 0 N–H and O–H groups in total. The van der Waals surface area contributed by atoms with Gasteiger partial charge in [0, 0.05) is 24.1 Å². The van der Waals surface area contributed by atoms with E-state index in [1.807, 2.05) is 24.3 Å². The molecule has 1 aromatic heterocycles. The van der Waals surface area contributed by atoms with Gasteiger partial charge in [-0.05, 0) is 35.9 Å². The molecule has 3 rings (SSSR count). The molecule has 3 aromatic rings. The summed E-state index contributed by atoms with van der Waals surface area (Å²) in [6, 6.07) is 12.8. The van der Waals surface area contributed by atoms with Gasteiger partial charge in [-0.2, -0.15) is 5.10 Å². The van der Waals surface area contributed by atoms with Gasteiger partial charge in [0.1, 0.15) is 12.4 Å². The summed E-state index contributed by atoms with van der Waals surface area (Å²) in [5, 5.41) is 5.17. The minimum atomic E-state index is -0.0966. The third-order valence-corrected chi connectivity index (χ3v) is 5.34. The maximum absolute atomic E-state index is 12.7. The molecule has 0 atom stereocenters. The molecular formula is C20H18BrCl2N3O2. The lowest BCUT2D eigenvalue weighted by Crippen LogP contribution is -2.27. The lowest BCUT2D eigenvalue weighted by atomic mass is 10.1. The summed E-state index contributed by atoms with van der Waals surface area (Å²) < 4.78 is 8.31. The Hall–Kier alpha value is -2.02. The van der Waals surface area contributed by atoms with E-state index in [0.29, 0.717) is 34.5 Å². The summed E-state index contributed by atoms with van der Waals surface area (Å²) in [4.78, 5) is 14.3. The minimum Gasteiger partial charge on any atom is -0.487 e. The van der Waals surface area contributed by atoms with Crippen molar-refractivity contribution in [2.75, 3.05) is 7.05 Å². The second-order valence-electron chi connectivity index (χ2n) is 6.28. The van der Waals surface area contributed by atoms with Crippen molar-refractivity contribution >= 4 is 45.0 Å². The van der Waals surface area contributed by atoms with Gasteiger partial charge in [0.2, 0.25) is 0 Å². The van der Waals surface area contributed by atoms with Gasteiger partial charge in [0.15, 0.2) is 0 Å². The highest BCUT2D eigenvalue weighted by molar-refractivity contribution is 9.10. The number of aryl methyl sites for hydroxylation is 1. The lowest BCUT2D eigenvalue weighted by molar-refractivity contribution is 0.0782. The standard InChI is InChI=1S/C20H18BrCl2N3O2/c1-25(11-18-17(23)10-24-26(18)2)20(27)14-5-3-13(4-6-14)12-28-19-8-7-15(21)9-16(19)22/h3-10H,11-12H2,1-2H3. The number of hydrogen-bond acceptors (Lipinski definition) is 3. The third kappa shape index (κ3) is 4.87. The first-order valence-electron chi connectivity index (χ1n) is 8.44. The third-order valence-electron chi connectivity index (χ3n) is 4.23. The Labute approximate surface area is 181 Å². The topological polar surface area (TPSA) is 47.4 Å². The van der Waals surface area contributed by atoms with Crippen LogP contribution in [0.1, 0.15) is 21.6 Å². The van der Waals surface area contributed by atoms with E-state index in [0.717, 1.165) is 15.7 Å². The maximum Gasteiger partial charge on any atom is 0.253 e. The van der Waals surface area contributed by atoms with E-state index in [1.54, 1.807) is 48.1 Å². The number of amides is 1. The summed E-state index contributed by atoms with van der Waals surface area (Å²) in [7, 11) is 3.53. The molecule has 0 fully saturated rings. The van der Waals surface area contributed by atoms with E-state index in [-0.39, 0.29) is 5.91 Å². The van der Waals surface area contributed by atoms with Gasteiger partial charge in [0.05, 0.1) is 28.5 Å². The van der Waals surface area contributed by atoms with Gasteiger partial charge < -0.3 is 9.64 Å². The van der Waals surface area contributed by atoms with Crippen LogP contribution in [0.15, 0.2) is 53.1 Å². The summed E-state index contributed by atoms with van der Waals surface area (Å²) in [6.45, 7) is 0.734. The fraction of sp³-hybridized carbons (Fsp3) is 0.200. The minimum absolute atomic E-state index is 0.0966. The molecule has 0 saturated heterocycles. The molecule has 0 aliphatic rings. The Morgan fingerprint density at radius 3 is 2.50 bits per heavy atom. The fourth-order valence-corrected chi connectivity index (χ4v) is 3.58. The quantitative estimate of drug-likeness (QED) is 0.476. The van der Waals surface area contributed by atoms with Gasteiger partial charge in [-0.3, -0.25) is 9.48 Å². The number of nitrogens with zero attached hydrogens (tertiary/aromatic N) is 3. The number of ether oxygens (including phenoxy) is 1. The molecule has 2 aromatic carbocycles. The number of carbonyl (C=O) groups excluding carboxylic acids is 1. The number of carbonyl (C=O) groups is 1. The molecule has 0 unspecified atom stereocenters. The zero-order valence-corrected chi connectivity index (χ0v) is 18.4. The van der Waals surface area contributed by atoms with Gasteiger partial charge in [-0.1, -0.05) is 51.3 Å². The first-order chi connectivity index (χ1) is 13.3. The van der Waals surface area contributed by atoms with Gasteiger partial charge in [0.25, 0.3) is 5.91 Å². The first kappa shape index (κ1) is 20.7. The number of rotatable bonds is 6.